The van der Waals surface area contributed by atoms with Crippen LogP contribution in [0, 0.1) is 0 Å². The molecule has 1 fully saturated rings. The molecule has 0 spiro atoms. The van der Waals surface area contributed by atoms with E-state index in [0.717, 1.165) is 5.39 Å². The Morgan fingerprint density at radius 1 is 1.21 bits per heavy atom. The first kappa shape index (κ1) is 21.1. The van der Waals surface area contributed by atoms with Crippen molar-refractivity contribution in [3.8, 4) is 5.75 Å². The minimum atomic E-state index is -0.636. The van der Waals surface area contributed by atoms with Gasteiger partial charge in [-0.3, -0.25) is 19.0 Å². The molecule has 4 aromatic rings. The maximum absolute atomic E-state index is 13.0. The third-order valence-electron chi connectivity index (χ3n) is 5.52. The fourth-order valence-corrected chi connectivity index (χ4v) is 4.95. The van der Waals surface area contributed by atoms with Crippen LogP contribution in [-0.2, 0) is 16.1 Å². The summed E-state index contributed by atoms with van der Waals surface area (Å²) >= 11 is 1.49. The Morgan fingerprint density at radius 3 is 2.79 bits per heavy atom. The molecule has 33 heavy (non-hydrogen) atoms. The van der Waals surface area contributed by atoms with Crippen LogP contribution in [0.15, 0.2) is 64.1 Å². The highest BCUT2D eigenvalue weighted by atomic mass is 32.2. The van der Waals surface area contributed by atoms with Gasteiger partial charge in [0.05, 0.1) is 19.3 Å². The monoisotopic (exact) mass is 464 g/mol. The van der Waals surface area contributed by atoms with E-state index in [1.807, 2.05) is 18.2 Å². The van der Waals surface area contributed by atoms with E-state index in [0.29, 0.717) is 34.2 Å². The van der Waals surface area contributed by atoms with Gasteiger partial charge in [-0.05, 0) is 36.4 Å². The van der Waals surface area contributed by atoms with Gasteiger partial charge in [-0.2, -0.15) is 0 Å². The molecule has 2 amide bonds. The standard InChI is InChI=1S/C23H20N4O5S/c1-31-15-8-6-14(7-9-15)25-22(29)17-11-33-13-27(17)19(28)10-26-12-24-20-16-4-2-3-5-18(16)32-21(20)23(26)30/h2-9,12,17H,10-11,13H2,1H3,(H,25,29). The van der Waals surface area contributed by atoms with Gasteiger partial charge in [0, 0.05) is 16.8 Å². The van der Waals surface area contributed by atoms with Crippen molar-refractivity contribution in [2.75, 3.05) is 24.1 Å². The topological polar surface area (TPSA) is 107 Å². The number of amides is 2. The SMILES string of the molecule is COc1ccc(NC(=O)C2CSCN2C(=O)Cn2cnc3c(oc4ccccc43)c2=O)cc1. The molecule has 2 aromatic heterocycles. The molecule has 9 nitrogen and oxygen atoms in total. The second kappa shape index (κ2) is 8.62. The van der Waals surface area contributed by atoms with Crippen LogP contribution in [-0.4, -0.2) is 51.0 Å². The summed E-state index contributed by atoms with van der Waals surface area (Å²) in [7, 11) is 1.57. The predicted octanol–water partition coefficient (Wildman–Crippen LogP) is 2.69. The molecule has 0 radical (unpaired) electrons. The first-order valence-electron chi connectivity index (χ1n) is 10.2. The Morgan fingerprint density at radius 2 is 2.00 bits per heavy atom. The van der Waals surface area contributed by atoms with E-state index in [9.17, 15) is 14.4 Å². The van der Waals surface area contributed by atoms with Crippen LogP contribution in [0.5, 0.6) is 5.75 Å². The molecule has 1 unspecified atom stereocenters. The van der Waals surface area contributed by atoms with Crippen molar-refractivity contribution in [3.05, 3.63) is 65.2 Å². The van der Waals surface area contributed by atoms with Gasteiger partial charge in [-0.15, -0.1) is 11.8 Å². The summed E-state index contributed by atoms with van der Waals surface area (Å²) in [4.78, 5) is 44.6. The van der Waals surface area contributed by atoms with E-state index in [-0.39, 0.29) is 23.9 Å². The number of nitrogens with zero attached hydrogens (tertiary/aromatic N) is 3. The zero-order chi connectivity index (χ0) is 22.9. The number of para-hydroxylation sites is 1. The van der Waals surface area contributed by atoms with Crippen LogP contribution in [0.2, 0.25) is 0 Å². The number of nitrogens with one attached hydrogen (secondary N) is 1. The molecule has 1 atom stereocenters. The number of carbonyl (C=O) groups excluding carboxylic acids is 2. The number of thioether (sulfide) groups is 1. The number of anilines is 1. The van der Waals surface area contributed by atoms with Crippen LogP contribution in [0.3, 0.4) is 0 Å². The Balaban J connectivity index is 1.33. The third kappa shape index (κ3) is 3.93. The van der Waals surface area contributed by atoms with Crippen molar-refractivity contribution in [2.24, 2.45) is 0 Å². The van der Waals surface area contributed by atoms with Gasteiger partial charge in [0.2, 0.25) is 17.4 Å². The normalized spacial score (nSPS) is 15.8. The molecule has 0 saturated carbocycles. The Bertz CT molecular complexity index is 1410. The fraction of sp³-hybridized carbons (Fsp3) is 0.217. The smallest absolute Gasteiger partial charge is 0.297 e. The van der Waals surface area contributed by atoms with E-state index >= 15 is 0 Å². The van der Waals surface area contributed by atoms with Gasteiger partial charge in [-0.1, -0.05) is 12.1 Å². The van der Waals surface area contributed by atoms with E-state index in [4.69, 9.17) is 9.15 Å². The van der Waals surface area contributed by atoms with Crippen molar-refractivity contribution < 1.29 is 18.7 Å². The predicted molar refractivity (Wildman–Crippen MR) is 125 cm³/mol. The van der Waals surface area contributed by atoms with E-state index < -0.39 is 11.6 Å². The van der Waals surface area contributed by atoms with Crippen molar-refractivity contribution in [3.63, 3.8) is 0 Å². The first-order valence-corrected chi connectivity index (χ1v) is 11.4. The highest BCUT2D eigenvalue weighted by Crippen LogP contribution is 2.25. The summed E-state index contributed by atoms with van der Waals surface area (Å²) < 4.78 is 12.0. The number of ether oxygens (including phenoxy) is 1. The highest BCUT2D eigenvalue weighted by Gasteiger charge is 2.35. The number of furan rings is 1. The Hall–Kier alpha value is -3.79. The molecule has 2 aromatic carbocycles. The fourth-order valence-electron chi connectivity index (χ4n) is 3.77. The first-order chi connectivity index (χ1) is 16.0. The lowest BCUT2D eigenvalue weighted by molar-refractivity contribution is -0.136. The second-order valence-corrected chi connectivity index (χ2v) is 8.55. The quantitative estimate of drug-likeness (QED) is 0.484. The molecular weight excluding hydrogens is 444 g/mol. The van der Waals surface area contributed by atoms with Crippen LogP contribution < -0.4 is 15.6 Å². The van der Waals surface area contributed by atoms with E-state index in [1.165, 1.54) is 27.6 Å². The molecular formula is C23H20N4O5S. The average Bonchev–Trinajstić information content (AvgIpc) is 3.47. The van der Waals surface area contributed by atoms with Crippen molar-refractivity contribution in [2.45, 2.75) is 12.6 Å². The second-order valence-electron chi connectivity index (χ2n) is 7.55. The molecule has 5 rings (SSSR count). The lowest BCUT2D eigenvalue weighted by atomic mass is 10.2. The van der Waals surface area contributed by atoms with Gasteiger partial charge in [-0.25, -0.2) is 4.98 Å². The van der Waals surface area contributed by atoms with Crippen molar-refractivity contribution in [1.82, 2.24) is 14.5 Å². The molecule has 10 heteroatoms. The molecule has 0 bridgehead atoms. The molecule has 1 saturated heterocycles. The number of aromatic nitrogens is 2. The number of rotatable bonds is 5. The molecule has 1 aliphatic heterocycles. The number of benzene rings is 2. The molecule has 0 aliphatic carbocycles. The minimum Gasteiger partial charge on any atom is -0.497 e. The molecule has 3 heterocycles. The summed E-state index contributed by atoms with van der Waals surface area (Å²) in [5, 5.41) is 3.58. The Labute approximate surface area is 192 Å². The summed E-state index contributed by atoms with van der Waals surface area (Å²) in [6.07, 6.45) is 1.35. The molecule has 168 valence electrons. The van der Waals surface area contributed by atoms with Gasteiger partial charge in [0.1, 0.15) is 29.4 Å². The number of methoxy groups -OCH3 is 1. The van der Waals surface area contributed by atoms with Crippen LogP contribution in [0.4, 0.5) is 5.69 Å². The Kier molecular flexibility index (Phi) is 5.51. The highest BCUT2D eigenvalue weighted by molar-refractivity contribution is 7.99. The summed E-state index contributed by atoms with van der Waals surface area (Å²) in [6, 6.07) is 13.6. The van der Waals surface area contributed by atoms with E-state index in [1.54, 1.807) is 37.4 Å². The zero-order valence-corrected chi connectivity index (χ0v) is 18.5. The lowest BCUT2D eigenvalue weighted by Crippen LogP contribution is -2.46. The number of hydrogen-bond donors (Lipinski definition) is 1. The van der Waals surface area contributed by atoms with Crippen molar-refractivity contribution >= 4 is 51.3 Å². The number of fused-ring (bicyclic) bond motifs is 3. The average molecular weight is 465 g/mol. The van der Waals surface area contributed by atoms with Gasteiger partial charge in [0.25, 0.3) is 5.56 Å². The van der Waals surface area contributed by atoms with E-state index in [2.05, 4.69) is 10.3 Å². The summed E-state index contributed by atoms with van der Waals surface area (Å²) in [5.74, 6) is 0.908. The van der Waals surface area contributed by atoms with Crippen LogP contribution in [0.1, 0.15) is 0 Å². The number of hydrogen-bond acceptors (Lipinski definition) is 7. The maximum Gasteiger partial charge on any atom is 0.297 e. The van der Waals surface area contributed by atoms with Gasteiger partial charge < -0.3 is 19.4 Å². The van der Waals surface area contributed by atoms with Crippen LogP contribution >= 0.6 is 11.8 Å². The third-order valence-corrected chi connectivity index (χ3v) is 6.53. The largest absolute Gasteiger partial charge is 0.497 e. The summed E-state index contributed by atoms with van der Waals surface area (Å²) in [5.41, 5.74) is 1.31. The number of carbonyl (C=O) groups is 2. The van der Waals surface area contributed by atoms with Gasteiger partial charge in [0.15, 0.2) is 0 Å². The zero-order valence-electron chi connectivity index (χ0n) is 17.7. The van der Waals surface area contributed by atoms with Gasteiger partial charge >= 0.3 is 0 Å². The maximum atomic E-state index is 13.0. The van der Waals surface area contributed by atoms with Crippen molar-refractivity contribution in [1.29, 1.82) is 0 Å². The van der Waals surface area contributed by atoms with Crippen LogP contribution in [0.25, 0.3) is 22.1 Å². The minimum absolute atomic E-state index is 0.107. The molecule has 1 aliphatic rings. The lowest BCUT2D eigenvalue weighted by Gasteiger charge is -2.23. The summed E-state index contributed by atoms with van der Waals surface area (Å²) in [6.45, 7) is -0.230. The molecule has 1 N–H and O–H groups in total.